The van der Waals surface area contributed by atoms with Crippen LogP contribution in [-0.2, 0) is 6.54 Å². The van der Waals surface area contributed by atoms with E-state index in [0.29, 0.717) is 0 Å². The molecule has 2 heterocycles. The van der Waals surface area contributed by atoms with Crippen LogP contribution in [-0.4, -0.2) is 53.0 Å². The van der Waals surface area contributed by atoms with E-state index in [1.165, 1.54) is 5.56 Å². The van der Waals surface area contributed by atoms with E-state index in [2.05, 4.69) is 40.8 Å². The van der Waals surface area contributed by atoms with Gasteiger partial charge in [0, 0.05) is 57.2 Å². The second kappa shape index (κ2) is 5.78. The molecule has 1 aliphatic rings. The number of aromatic nitrogens is 1. The normalized spacial score (nSPS) is 19.1. The molecule has 100 valence electrons. The van der Waals surface area contributed by atoms with Crippen molar-refractivity contribution in [3.8, 4) is 0 Å². The molecule has 1 aromatic rings. The number of nitrogens with two attached hydrogens (primary N) is 1. The zero-order chi connectivity index (χ0) is 13.0. The Morgan fingerprint density at radius 3 is 2.33 bits per heavy atom. The predicted octanol–water partition coefficient (Wildman–Crippen LogP) is 0.936. The summed E-state index contributed by atoms with van der Waals surface area (Å²) < 4.78 is 0. The van der Waals surface area contributed by atoms with Crippen molar-refractivity contribution < 1.29 is 0 Å². The maximum Gasteiger partial charge on any atom is 0.0276 e. The van der Waals surface area contributed by atoms with E-state index in [1.54, 1.807) is 0 Å². The number of piperazine rings is 1. The van der Waals surface area contributed by atoms with Crippen molar-refractivity contribution >= 4 is 0 Å². The van der Waals surface area contributed by atoms with E-state index < -0.39 is 0 Å². The fourth-order valence-electron chi connectivity index (χ4n) is 2.39. The summed E-state index contributed by atoms with van der Waals surface area (Å²) in [6.07, 6.45) is 3.73. The minimum absolute atomic E-state index is 0.128. The average Bonchev–Trinajstić information content (AvgIpc) is 2.40. The SMILES string of the molecule is CC(C)(CN)N1CCN(Cc2ccncc2)CC1. The first-order valence-corrected chi connectivity index (χ1v) is 6.68. The zero-order valence-electron chi connectivity index (χ0n) is 11.5. The minimum Gasteiger partial charge on any atom is -0.329 e. The van der Waals surface area contributed by atoms with E-state index >= 15 is 0 Å². The Balaban J connectivity index is 1.84. The summed E-state index contributed by atoms with van der Waals surface area (Å²) in [6.45, 7) is 10.6. The lowest BCUT2D eigenvalue weighted by atomic mass is 10.0. The highest BCUT2D eigenvalue weighted by molar-refractivity contribution is 5.09. The molecule has 1 aromatic heterocycles. The van der Waals surface area contributed by atoms with Crippen molar-refractivity contribution in [1.82, 2.24) is 14.8 Å². The van der Waals surface area contributed by atoms with Crippen molar-refractivity contribution in [2.45, 2.75) is 25.9 Å². The van der Waals surface area contributed by atoms with Gasteiger partial charge in [-0.25, -0.2) is 0 Å². The number of nitrogens with zero attached hydrogens (tertiary/aromatic N) is 3. The Bertz CT molecular complexity index is 355. The number of hydrogen-bond acceptors (Lipinski definition) is 4. The van der Waals surface area contributed by atoms with Gasteiger partial charge < -0.3 is 5.73 Å². The van der Waals surface area contributed by atoms with Crippen LogP contribution >= 0.6 is 0 Å². The molecule has 0 atom stereocenters. The van der Waals surface area contributed by atoms with Gasteiger partial charge >= 0.3 is 0 Å². The summed E-state index contributed by atoms with van der Waals surface area (Å²) in [4.78, 5) is 9.05. The molecule has 0 amide bonds. The van der Waals surface area contributed by atoms with Crippen molar-refractivity contribution in [2.75, 3.05) is 32.7 Å². The minimum atomic E-state index is 0.128. The highest BCUT2D eigenvalue weighted by Gasteiger charge is 2.28. The Labute approximate surface area is 110 Å². The van der Waals surface area contributed by atoms with Crippen LogP contribution in [0.2, 0.25) is 0 Å². The van der Waals surface area contributed by atoms with Crippen LogP contribution in [0.5, 0.6) is 0 Å². The van der Waals surface area contributed by atoms with Crippen LogP contribution in [0.25, 0.3) is 0 Å². The van der Waals surface area contributed by atoms with Gasteiger partial charge in [-0.05, 0) is 31.5 Å². The third kappa shape index (κ3) is 3.28. The predicted molar refractivity (Wildman–Crippen MR) is 74.2 cm³/mol. The number of hydrogen-bond donors (Lipinski definition) is 1. The Hall–Kier alpha value is -0.970. The summed E-state index contributed by atoms with van der Waals surface area (Å²) in [5.74, 6) is 0. The molecule has 1 aliphatic heterocycles. The van der Waals surface area contributed by atoms with Crippen molar-refractivity contribution in [3.63, 3.8) is 0 Å². The van der Waals surface area contributed by atoms with Crippen LogP contribution in [0.3, 0.4) is 0 Å². The van der Waals surface area contributed by atoms with Gasteiger partial charge in [-0.15, -0.1) is 0 Å². The second-order valence-corrected chi connectivity index (χ2v) is 5.64. The van der Waals surface area contributed by atoms with Crippen LogP contribution < -0.4 is 5.73 Å². The molecule has 0 unspecified atom stereocenters. The molecule has 1 fully saturated rings. The highest BCUT2D eigenvalue weighted by atomic mass is 15.3. The van der Waals surface area contributed by atoms with Gasteiger partial charge in [-0.1, -0.05) is 0 Å². The Morgan fingerprint density at radius 2 is 1.78 bits per heavy atom. The smallest absolute Gasteiger partial charge is 0.0276 e. The number of rotatable bonds is 4. The monoisotopic (exact) mass is 248 g/mol. The van der Waals surface area contributed by atoms with Gasteiger partial charge in [0.1, 0.15) is 0 Å². The zero-order valence-corrected chi connectivity index (χ0v) is 11.5. The molecule has 4 nitrogen and oxygen atoms in total. The van der Waals surface area contributed by atoms with Crippen molar-refractivity contribution in [2.24, 2.45) is 5.73 Å². The Morgan fingerprint density at radius 1 is 1.17 bits per heavy atom. The maximum atomic E-state index is 5.83. The van der Waals surface area contributed by atoms with Gasteiger partial charge in [-0.3, -0.25) is 14.8 Å². The summed E-state index contributed by atoms with van der Waals surface area (Å²) in [7, 11) is 0. The first-order chi connectivity index (χ1) is 8.62. The van der Waals surface area contributed by atoms with Crippen molar-refractivity contribution in [3.05, 3.63) is 30.1 Å². The van der Waals surface area contributed by atoms with Crippen LogP contribution in [0.4, 0.5) is 0 Å². The maximum absolute atomic E-state index is 5.83. The molecule has 4 heteroatoms. The van der Waals surface area contributed by atoms with E-state index in [-0.39, 0.29) is 5.54 Å². The van der Waals surface area contributed by atoms with Crippen molar-refractivity contribution in [1.29, 1.82) is 0 Å². The molecule has 1 saturated heterocycles. The lowest BCUT2D eigenvalue weighted by Crippen LogP contribution is -2.57. The Kier molecular flexibility index (Phi) is 4.32. The molecular formula is C14H24N4. The molecule has 0 spiro atoms. The van der Waals surface area contributed by atoms with Gasteiger partial charge in [-0.2, -0.15) is 0 Å². The molecular weight excluding hydrogens is 224 g/mol. The van der Waals surface area contributed by atoms with E-state index in [1.807, 2.05) is 12.4 Å². The van der Waals surface area contributed by atoms with Gasteiger partial charge in [0.15, 0.2) is 0 Å². The van der Waals surface area contributed by atoms with Gasteiger partial charge in [0.25, 0.3) is 0 Å². The first kappa shape index (κ1) is 13.5. The fraction of sp³-hybridized carbons (Fsp3) is 0.643. The van der Waals surface area contributed by atoms with Gasteiger partial charge in [0.05, 0.1) is 0 Å². The molecule has 2 rings (SSSR count). The quantitative estimate of drug-likeness (QED) is 0.861. The van der Waals surface area contributed by atoms with Crippen LogP contribution in [0.15, 0.2) is 24.5 Å². The fourth-order valence-corrected chi connectivity index (χ4v) is 2.39. The highest BCUT2D eigenvalue weighted by Crippen LogP contribution is 2.16. The summed E-state index contributed by atoms with van der Waals surface area (Å²) in [5, 5.41) is 0. The second-order valence-electron chi connectivity index (χ2n) is 5.64. The van der Waals surface area contributed by atoms with E-state index in [0.717, 1.165) is 39.3 Å². The molecule has 0 bridgehead atoms. The first-order valence-electron chi connectivity index (χ1n) is 6.68. The molecule has 0 aromatic carbocycles. The molecule has 0 aliphatic carbocycles. The lowest BCUT2D eigenvalue weighted by molar-refractivity contribution is 0.0538. The number of pyridine rings is 1. The average molecular weight is 248 g/mol. The lowest BCUT2D eigenvalue weighted by Gasteiger charge is -2.43. The van der Waals surface area contributed by atoms with E-state index in [9.17, 15) is 0 Å². The summed E-state index contributed by atoms with van der Waals surface area (Å²) in [6, 6.07) is 4.19. The molecule has 18 heavy (non-hydrogen) atoms. The molecule has 0 radical (unpaired) electrons. The topological polar surface area (TPSA) is 45.4 Å². The summed E-state index contributed by atoms with van der Waals surface area (Å²) >= 11 is 0. The van der Waals surface area contributed by atoms with Crippen LogP contribution in [0, 0.1) is 0 Å². The summed E-state index contributed by atoms with van der Waals surface area (Å²) in [5.41, 5.74) is 7.30. The standard InChI is InChI=1S/C14H24N4/c1-14(2,12-15)18-9-7-17(8-10-18)11-13-3-5-16-6-4-13/h3-6H,7-12,15H2,1-2H3. The van der Waals surface area contributed by atoms with E-state index in [4.69, 9.17) is 5.73 Å². The third-order valence-electron chi connectivity index (χ3n) is 3.88. The van der Waals surface area contributed by atoms with Crippen LogP contribution in [0.1, 0.15) is 19.4 Å². The largest absolute Gasteiger partial charge is 0.329 e. The molecule has 0 saturated carbocycles. The van der Waals surface area contributed by atoms with Gasteiger partial charge in [0.2, 0.25) is 0 Å². The molecule has 2 N–H and O–H groups in total. The third-order valence-corrected chi connectivity index (χ3v) is 3.88.